The molecule has 0 saturated heterocycles. The lowest BCUT2D eigenvalue weighted by Gasteiger charge is -2.10. The van der Waals surface area contributed by atoms with Crippen LogP contribution < -0.4 is 15.9 Å². The lowest BCUT2D eigenvalue weighted by atomic mass is 10.1. The number of benzene rings is 2. The molecule has 2 N–H and O–H groups in total. The third kappa shape index (κ3) is 3.29. The predicted molar refractivity (Wildman–Crippen MR) is 83.8 cm³/mol. The Labute approximate surface area is 141 Å². The molecule has 0 aliphatic carbocycles. The average molecular weight is 366 g/mol. The lowest BCUT2D eigenvalue weighted by Crippen LogP contribution is -2.28. The number of H-pyrrole nitrogens is 1. The molecule has 0 saturated carbocycles. The van der Waals surface area contributed by atoms with Gasteiger partial charge in [0, 0.05) is 0 Å². The van der Waals surface area contributed by atoms with Crippen LogP contribution in [0, 0.1) is 0 Å². The number of fused-ring (bicyclic) bond motifs is 1. The Morgan fingerprint density at radius 2 is 1.69 bits per heavy atom. The highest BCUT2D eigenvalue weighted by Gasteiger charge is 2.31. The zero-order chi connectivity index (χ0) is 19.1. The molecule has 3 aromatic rings. The maximum absolute atomic E-state index is 12.6. The summed E-state index contributed by atoms with van der Waals surface area (Å²) < 4.78 is 41.1. The highest BCUT2D eigenvalue weighted by molar-refractivity contribution is 5.93. The molecule has 0 amide bonds. The fourth-order valence-electron chi connectivity index (χ4n) is 2.36. The summed E-state index contributed by atoms with van der Waals surface area (Å²) in [7, 11) is 0. The number of carbonyl (C=O) groups is 1. The van der Waals surface area contributed by atoms with E-state index in [2.05, 4.69) is 9.84 Å². The number of alkyl halides is 3. The van der Waals surface area contributed by atoms with Crippen LogP contribution >= 0.6 is 0 Å². The SMILES string of the molecule is O=C(O)c1ccc2c(=O)[nH]n(-c3ccc(OC(F)(F)F)cc3)c(=O)c2c1. The van der Waals surface area contributed by atoms with E-state index in [1.165, 1.54) is 12.1 Å². The van der Waals surface area contributed by atoms with Crippen LogP contribution in [0.3, 0.4) is 0 Å². The highest BCUT2D eigenvalue weighted by atomic mass is 19.4. The lowest BCUT2D eigenvalue weighted by molar-refractivity contribution is -0.274. The minimum absolute atomic E-state index is 0.00623. The van der Waals surface area contributed by atoms with E-state index in [9.17, 15) is 27.6 Å². The molecule has 2 aromatic carbocycles. The van der Waals surface area contributed by atoms with Gasteiger partial charge in [-0.15, -0.1) is 13.2 Å². The molecule has 134 valence electrons. The number of ether oxygens (including phenoxy) is 1. The van der Waals surface area contributed by atoms with Crippen molar-refractivity contribution >= 4 is 16.7 Å². The van der Waals surface area contributed by atoms with Crippen LogP contribution in [0.15, 0.2) is 52.1 Å². The van der Waals surface area contributed by atoms with Crippen LogP contribution in [0.25, 0.3) is 16.5 Å². The number of aromatic nitrogens is 2. The number of nitrogens with one attached hydrogen (secondary N) is 1. The first-order valence-electron chi connectivity index (χ1n) is 7.04. The number of carboxylic acid groups (broad SMARTS) is 1. The molecular formula is C16H9F3N2O5. The van der Waals surface area contributed by atoms with Gasteiger partial charge in [-0.25, -0.2) is 9.48 Å². The molecule has 0 aliphatic heterocycles. The average Bonchev–Trinajstić information content (AvgIpc) is 2.57. The van der Waals surface area contributed by atoms with Gasteiger partial charge in [0.05, 0.1) is 22.0 Å². The summed E-state index contributed by atoms with van der Waals surface area (Å²) in [6, 6.07) is 7.71. The van der Waals surface area contributed by atoms with Crippen LogP contribution in [-0.2, 0) is 0 Å². The van der Waals surface area contributed by atoms with Gasteiger partial charge in [-0.05, 0) is 42.5 Å². The molecule has 3 rings (SSSR count). The predicted octanol–water partition coefficient (Wildman–Crippen LogP) is 2.28. The number of hydrogen-bond acceptors (Lipinski definition) is 4. The van der Waals surface area contributed by atoms with Crippen molar-refractivity contribution in [1.82, 2.24) is 9.78 Å². The van der Waals surface area contributed by atoms with Crippen LogP contribution in [0.2, 0.25) is 0 Å². The number of halogens is 3. The summed E-state index contributed by atoms with van der Waals surface area (Å²) in [6.45, 7) is 0. The van der Waals surface area contributed by atoms with Crippen molar-refractivity contribution in [3.8, 4) is 11.4 Å². The Kier molecular flexibility index (Phi) is 4.03. The van der Waals surface area contributed by atoms with Gasteiger partial charge < -0.3 is 9.84 Å². The van der Waals surface area contributed by atoms with Gasteiger partial charge in [-0.3, -0.25) is 14.7 Å². The van der Waals surface area contributed by atoms with E-state index < -0.39 is 29.2 Å². The van der Waals surface area contributed by atoms with Crippen molar-refractivity contribution in [3.05, 3.63) is 68.7 Å². The number of nitrogens with zero attached hydrogens (tertiary/aromatic N) is 1. The second-order valence-electron chi connectivity index (χ2n) is 5.19. The van der Waals surface area contributed by atoms with Crippen molar-refractivity contribution in [3.63, 3.8) is 0 Å². The number of carboxylic acids is 1. The van der Waals surface area contributed by atoms with Crippen LogP contribution in [0.1, 0.15) is 10.4 Å². The summed E-state index contributed by atoms with van der Waals surface area (Å²) in [5.41, 5.74) is -1.50. The fraction of sp³-hybridized carbons (Fsp3) is 0.0625. The Morgan fingerprint density at radius 1 is 1.04 bits per heavy atom. The monoisotopic (exact) mass is 366 g/mol. The van der Waals surface area contributed by atoms with E-state index in [1.807, 2.05) is 0 Å². The first-order valence-corrected chi connectivity index (χ1v) is 7.04. The first kappa shape index (κ1) is 17.3. The van der Waals surface area contributed by atoms with Crippen LogP contribution in [0.4, 0.5) is 13.2 Å². The van der Waals surface area contributed by atoms with E-state index in [4.69, 9.17) is 5.11 Å². The molecule has 26 heavy (non-hydrogen) atoms. The van der Waals surface area contributed by atoms with Crippen LogP contribution in [0.5, 0.6) is 5.75 Å². The zero-order valence-electron chi connectivity index (χ0n) is 12.7. The second kappa shape index (κ2) is 6.06. The number of rotatable bonds is 3. The maximum atomic E-state index is 12.6. The van der Waals surface area contributed by atoms with Gasteiger partial charge in [0.15, 0.2) is 0 Å². The topological polar surface area (TPSA) is 101 Å². The molecule has 0 fully saturated rings. The molecule has 0 aliphatic rings. The minimum Gasteiger partial charge on any atom is -0.478 e. The molecule has 1 aromatic heterocycles. The number of aromatic amines is 1. The van der Waals surface area contributed by atoms with Crippen molar-refractivity contribution in [2.75, 3.05) is 0 Å². The maximum Gasteiger partial charge on any atom is 0.573 e. The van der Waals surface area contributed by atoms with E-state index >= 15 is 0 Å². The zero-order valence-corrected chi connectivity index (χ0v) is 12.7. The van der Waals surface area contributed by atoms with Gasteiger partial charge in [-0.2, -0.15) is 0 Å². The Bertz CT molecular complexity index is 1110. The third-order valence-corrected chi connectivity index (χ3v) is 3.49. The normalized spacial score (nSPS) is 11.5. The molecule has 10 heteroatoms. The second-order valence-corrected chi connectivity index (χ2v) is 5.19. The molecule has 0 unspecified atom stereocenters. The summed E-state index contributed by atoms with van der Waals surface area (Å²) in [5, 5.41) is 11.2. The van der Waals surface area contributed by atoms with Crippen molar-refractivity contribution < 1.29 is 27.8 Å². The fourth-order valence-corrected chi connectivity index (χ4v) is 2.36. The summed E-state index contributed by atoms with van der Waals surface area (Å²) in [6.07, 6.45) is -4.86. The van der Waals surface area contributed by atoms with E-state index in [0.717, 1.165) is 35.0 Å². The highest BCUT2D eigenvalue weighted by Crippen LogP contribution is 2.23. The Morgan fingerprint density at radius 3 is 2.27 bits per heavy atom. The molecule has 0 bridgehead atoms. The third-order valence-electron chi connectivity index (χ3n) is 3.49. The van der Waals surface area contributed by atoms with Crippen molar-refractivity contribution in [2.45, 2.75) is 6.36 Å². The summed E-state index contributed by atoms with van der Waals surface area (Å²) >= 11 is 0. The van der Waals surface area contributed by atoms with Gasteiger partial charge in [0.25, 0.3) is 11.1 Å². The van der Waals surface area contributed by atoms with Crippen molar-refractivity contribution in [2.24, 2.45) is 0 Å². The summed E-state index contributed by atoms with van der Waals surface area (Å²) in [5.74, 6) is -1.77. The number of aromatic carboxylic acids is 1. The standard InChI is InChI=1S/C16H9F3N2O5/c17-16(18,19)26-10-4-2-9(3-5-10)21-14(23)12-7-8(15(24)25)1-6-11(12)13(22)20-21/h1-7H,(H,20,22)(H,24,25). The quantitative estimate of drug-likeness (QED) is 0.741. The van der Waals surface area contributed by atoms with Crippen LogP contribution in [-0.4, -0.2) is 27.2 Å². The van der Waals surface area contributed by atoms with Gasteiger partial charge in [0.2, 0.25) is 0 Å². The van der Waals surface area contributed by atoms with Gasteiger partial charge in [0.1, 0.15) is 5.75 Å². The molecule has 0 radical (unpaired) electrons. The summed E-state index contributed by atoms with van der Waals surface area (Å²) in [4.78, 5) is 35.7. The molecular weight excluding hydrogens is 357 g/mol. The smallest absolute Gasteiger partial charge is 0.478 e. The number of hydrogen-bond donors (Lipinski definition) is 2. The largest absolute Gasteiger partial charge is 0.573 e. The van der Waals surface area contributed by atoms with E-state index in [0.29, 0.717) is 0 Å². The van der Waals surface area contributed by atoms with Crippen molar-refractivity contribution in [1.29, 1.82) is 0 Å². The molecule has 0 atom stereocenters. The Hall–Kier alpha value is -3.56. The molecule has 0 spiro atoms. The Balaban J connectivity index is 2.13. The van der Waals surface area contributed by atoms with E-state index in [1.54, 1.807) is 0 Å². The first-order chi connectivity index (χ1) is 12.2. The molecule has 7 nitrogen and oxygen atoms in total. The van der Waals surface area contributed by atoms with Gasteiger partial charge in [-0.1, -0.05) is 0 Å². The molecule has 1 heterocycles. The van der Waals surface area contributed by atoms with E-state index in [-0.39, 0.29) is 22.0 Å². The van der Waals surface area contributed by atoms with Gasteiger partial charge >= 0.3 is 12.3 Å². The minimum atomic E-state index is -4.86.